The number of hydrogen-bond acceptors (Lipinski definition) is 5. The van der Waals surface area contributed by atoms with Crippen LogP contribution in [0.2, 0.25) is 0 Å². The van der Waals surface area contributed by atoms with Crippen LogP contribution in [0.15, 0.2) is 11.5 Å². The number of aromatic nitrogens is 3. The lowest BCUT2D eigenvalue weighted by Crippen LogP contribution is -2.32. The molecule has 0 saturated heterocycles. The largest absolute Gasteiger partial charge is 0.481 e. The van der Waals surface area contributed by atoms with Gasteiger partial charge in [-0.3, -0.25) is 4.79 Å². The minimum Gasteiger partial charge on any atom is -0.481 e. The minimum absolute atomic E-state index is 0.0814. The summed E-state index contributed by atoms with van der Waals surface area (Å²) in [6.07, 6.45) is 1.47. The number of hydrogen-bond donors (Lipinski definition) is 3. The number of urea groups is 1. The van der Waals surface area contributed by atoms with Gasteiger partial charge in [-0.1, -0.05) is 11.8 Å². The molecule has 9 heteroatoms. The molecule has 0 aromatic carbocycles. The fourth-order valence-corrected chi connectivity index (χ4v) is 1.60. The van der Waals surface area contributed by atoms with E-state index in [1.165, 1.54) is 6.33 Å². The topological polar surface area (TPSA) is 123 Å². The number of rotatable bonds is 6. The molecule has 0 aliphatic heterocycles. The molecule has 16 heavy (non-hydrogen) atoms. The Morgan fingerprint density at radius 3 is 3.00 bits per heavy atom. The second-order valence-corrected chi connectivity index (χ2v) is 3.72. The van der Waals surface area contributed by atoms with Gasteiger partial charge in [0.05, 0.1) is 5.75 Å². The predicted molar refractivity (Wildman–Crippen MR) is 56.0 cm³/mol. The van der Waals surface area contributed by atoms with E-state index < -0.39 is 12.0 Å². The lowest BCUT2D eigenvalue weighted by Gasteiger charge is -2.05. The van der Waals surface area contributed by atoms with Crippen LogP contribution in [-0.2, 0) is 11.3 Å². The molecule has 0 radical (unpaired) electrons. The number of aliphatic carboxylic acids is 1. The number of carboxylic acids is 1. The first-order valence-electron chi connectivity index (χ1n) is 4.35. The Balaban J connectivity index is 2.43. The van der Waals surface area contributed by atoms with Gasteiger partial charge in [-0.15, -0.1) is 10.2 Å². The maximum atomic E-state index is 10.4. The van der Waals surface area contributed by atoms with Crippen molar-refractivity contribution in [3.05, 3.63) is 6.33 Å². The number of nitrogens with two attached hydrogens (primary N) is 1. The molecule has 0 atom stereocenters. The van der Waals surface area contributed by atoms with Gasteiger partial charge in [0.1, 0.15) is 6.33 Å². The summed E-state index contributed by atoms with van der Waals surface area (Å²) in [4.78, 5) is 20.8. The van der Waals surface area contributed by atoms with Crippen molar-refractivity contribution < 1.29 is 14.7 Å². The summed E-state index contributed by atoms with van der Waals surface area (Å²) in [6, 6.07) is -0.604. The van der Waals surface area contributed by atoms with Gasteiger partial charge in [0, 0.05) is 13.1 Å². The lowest BCUT2D eigenvalue weighted by atomic mass is 10.6. The Morgan fingerprint density at radius 1 is 1.62 bits per heavy atom. The number of carbonyl (C=O) groups is 2. The highest BCUT2D eigenvalue weighted by Crippen LogP contribution is 2.13. The molecule has 0 bridgehead atoms. The molecule has 0 spiro atoms. The van der Waals surface area contributed by atoms with Gasteiger partial charge in [0.2, 0.25) is 0 Å². The highest BCUT2D eigenvalue weighted by atomic mass is 32.2. The predicted octanol–water partition coefficient (Wildman–Crippen LogP) is -0.877. The van der Waals surface area contributed by atoms with E-state index in [9.17, 15) is 9.59 Å². The van der Waals surface area contributed by atoms with Crippen molar-refractivity contribution in [2.45, 2.75) is 11.7 Å². The zero-order valence-corrected chi connectivity index (χ0v) is 9.11. The fraction of sp³-hybridized carbons (Fsp3) is 0.429. The molecule has 0 saturated carbocycles. The Kier molecular flexibility index (Phi) is 4.58. The summed E-state index contributed by atoms with van der Waals surface area (Å²) in [7, 11) is 0. The minimum atomic E-state index is -0.921. The van der Waals surface area contributed by atoms with E-state index in [4.69, 9.17) is 10.8 Å². The van der Waals surface area contributed by atoms with Gasteiger partial charge in [-0.25, -0.2) is 4.79 Å². The van der Waals surface area contributed by atoms with Gasteiger partial charge < -0.3 is 20.7 Å². The molecule has 1 aromatic rings. The number of carbonyl (C=O) groups excluding carboxylic acids is 1. The van der Waals surface area contributed by atoms with Crippen molar-refractivity contribution in [2.75, 3.05) is 12.3 Å². The number of carboxylic acid groups (broad SMARTS) is 1. The van der Waals surface area contributed by atoms with Crippen molar-refractivity contribution in [3.63, 3.8) is 0 Å². The van der Waals surface area contributed by atoms with Crippen LogP contribution < -0.4 is 11.1 Å². The average Bonchev–Trinajstić information content (AvgIpc) is 2.62. The number of nitrogens with zero attached hydrogens (tertiary/aromatic N) is 3. The van der Waals surface area contributed by atoms with Crippen LogP contribution >= 0.6 is 11.8 Å². The maximum absolute atomic E-state index is 10.4. The van der Waals surface area contributed by atoms with E-state index in [0.29, 0.717) is 18.2 Å². The van der Waals surface area contributed by atoms with Crippen LogP contribution in [-0.4, -0.2) is 44.2 Å². The smallest absolute Gasteiger partial charge is 0.313 e. The molecule has 8 nitrogen and oxygen atoms in total. The molecule has 0 fully saturated rings. The third-order valence-corrected chi connectivity index (χ3v) is 2.52. The Labute approximate surface area is 95.2 Å². The monoisotopic (exact) mass is 245 g/mol. The number of primary amides is 1. The highest BCUT2D eigenvalue weighted by molar-refractivity contribution is 7.99. The van der Waals surface area contributed by atoms with Crippen molar-refractivity contribution in [1.29, 1.82) is 0 Å². The van der Waals surface area contributed by atoms with Crippen LogP contribution in [0.5, 0.6) is 0 Å². The van der Waals surface area contributed by atoms with Crippen molar-refractivity contribution in [3.8, 4) is 0 Å². The van der Waals surface area contributed by atoms with E-state index in [1.54, 1.807) is 4.57 Å². The van der Waals surface area contributed by atoms with Gasteiger partial charge in [-0.05, 0) is 0 Å². The molecule has 0 unspecified atom stereocenters. The normalized spacial score (nSPS) is 10.0. The van der Waals surface area contributed by atoms with Crippen LogP contribution in [0, 0.1) is 0 Å². The number of thioether (sulfide) groups is 1. The highest BCUT2D eigenvalue weighted by Gasteiger charge is 2.07. The van der Waals surface area contributed by atoms with Crippen molar-refractivity contribution in [1.82, 2.24) is 20.1 Å². The summed E-state index contributed by atoms with van der Waals surface area (Å²) in [5, 5.41) is 18.8. The van der Waals surface area contributed by atoms with Gasteiger partial charge in [0.15, 0.2) is 5.16 Å². The zero-order valence-electron chi connectivity index (χ0n) is 8.29. The van der Waals surface area contributed by atoms with Gasteiger partial charge >= 0.3 is 12.0 Å². The summed E-state index contributed by atoms with van der Waals surface area (Å²) < 4.78 is 1.64. The molecular formula is C7H11N5O3S. The van der Waals surface area contributed by atoms with Gasteiger partial charge in [0.25, 0.3) is 0 Å². The van der Waals surface area contributed by atoms with E-state index >= 15 is 0 Å². The second kappa shape index (κ2) is 5.95. The summed E-state index contributed by atoms with van der Waals surface area (Å²) >= 11 is 1.07. The second-order valence-electron chi connectivity index (χ2n) is 2.78. The third-order valence-electron chi connectivity index (χ3n) is 1.56. The van der Waals surface area contributed by atoms with Crippen molar-refractivity contribution >= 4 is 23.8 Å². The molecule has 0 aliphatic rings. The Morgan fingerprint density at radius 2 is 2.38 bits per heavy atom. The average molecular weight is 245 g/mol. The fourth-order valence-electron chi connectivity index (χ4n) is 0.935. The Hall–Kier alpha value is -1.77. The Bertz CT molecular complexity index is 380. The standard InChI is InChI=1S/C7H11N5O3S/c8-6(15)9-1-2-12-4-10-11-7(12)16-3-5(13)14/h4H,1-3H2,(H,13,14)(H3,8,9,15). The summed E-state index contributed by atoms with van der Waals surface area (Å²) in [5.41, 5.74) is 4.89. The van der Waals surface area contributed by atoms with Crippen molar-refractivity contribution in [2.24, 2.45) is 5.73 Å². The van der Waals surface area contributed by atoms with E-state index in [0.717, 1.165) is 11.8 Å². The van der Waals surface area contributed by atoms with Crippen LogP contribution in [0.25, 0.3) is 0 Å². The first-order valence-corrected chi connectivity index (χ1v) is 5.34. The van der Waals surface area contributed by atoms with Crippen LogP contribution in [0.1, 0.15) is 0 Å². The van der Waals surface area contributed by atoms with E-state index in [-0.39, 0.29) is 5.75 Å². The third kappa shape index (κ3) is 4.17. The van der Waals surface area contributed by atoms with E-state index in [2.05, 4.69) is 15.5 Å². The molecule has 1 aromatic heterocycles. The molecular weight excluding hydrogens is 234 g/mol. The molecule has 0 aliphatic carbocycles. The van der Waals surface area contributed by atoms with E-state index in [1.807, 2.05) is 0 Å². The maximum Gasteiger partial charge on any atom is 0.313 e. The number of amides is 2. The van der Waals surface area contributed by atoms with Crippen LogP contribution in [0.4, 0.5) is 4.79 Å². The lowest BCUT2D eigenvalue weighted by molar-refractivity contribution is -0.133. The first-order chi connectivity index (χ1) is 7.59. The molecule has 2 amide bonds. The van der Waals surface area contributed by atoms with Crippen LogP contribution in [0.3, 0.4) is 0 Å². The SMILES string of the molecule is NC(=O)NCCn1cnnc1SCC(=O)O. The summed E-state index contributed by atoms with van der Waals surface area (Å²) in [6.45, 7) is 0.784. The number of nitrogens with one attached hydrogen (secondary N) is 1. The summed E-state index contributed by atoms with van der Waals surface area (Å²) in [5.74, 6) is -1.00. The molecule has 1 rings (SSSR count). The molecule has 88 valence electrons. The molecule has 4 N–H and O–H groups in total. The quantitative estimate of drug-likeness (QED) is 0.559. The van der Waals surface area contributed by atoms with Gasteiger partial charge in [-0.2, -0.15) is 0 Å². The first kappa shape index (κ1) is 12.3. The zero-order chi connectivity index (χ0) is 12.0. The molecule has 1 heterocycles.